The van der Waals surface area contributed by atoms with E-state index >= 15 is 0 Å². The van der Waals surface area contributed by atoms with Gasteiger partial charge in [-0.05, 0) is 30.7 Å². The van der Waals surface area contributed by atoms with Gasteiger partial charge in [0.05, 0.1) is 16.9 Å². The molecule has 0 saturated carbocycles. The summed E-state index contributed by atoms with van der Waals surface area (Å²) in [6, 6.07) is 13.8. The SMILES string of the molecule is Cc1ccccc1-n1nc2c(c1NC(=O)c1ccccc1F)CSC2. The molecule has 0 bridgehead atoms. The Kier molecular flexibility index (Phi) is 4.05. The van der Waals surface area contributed by atoms with E-state index in [1.165, 1.54) is 12.1 Å². The van der Waals surface area contributed by atoms with E-state index in [0.717, 1.165) is 34.0 Å². The van der Waals surface area contributed by atoms with E-state index in [0.29, 0.717) is 5.82 Å². The first-order valence-corrected chi connectivity index (χ1v) is 9.11. The molecule has 1 amide bonds. The predicted octanol–water partition coefficient (Wildman–Crippen LogP) is 4.32. The summed E-state index contributed by atoms with van der Waals surface area (Å²) >= 11 is 1.76. The number of nitrogens with one attached hydrogen (secondary N) is 1. The minimum atomic E-state index is -0.534. The van der Waals surface area contributed by atoms with Gasteiger partial charge in [0.1, 0.15) is 11.6 Å². The third kappa shape index (κ3) is 2.82. The molecule has 6 heteroatoms. The number of carbonyl (C=O) groups excluding carboxylic acids is 1. The second-order valence-corrected chi connectivity index (χ2v) is 6.88. The smallest absolute Gasteiger partial charge is 0.259 e. The van der Waals surface area contributed by atoms with Gasteiger partial charge in [0.25, 0.3) is 5.91 Å². The predicted molar refractivity (Wildman–Crippen MR) is 97.7 cm³/mol. The molecule has 25 heavy (non-hydrogen) atoms. The number of anilines is 1. The van der Waals surface area contributed by atoms with Crippen molar-refractivity contribution >= 4 is 23.5 Å². The van der Waals surface area contributed by atoms with Crippen molar-refractivity contribution in [2.45, 2.75) is 18.4 Å². The van der Waals surface area contributed by atoms with Gasteiger partial charge in [-0.1, -0.05) is 30.3 Å². The molecule has 3 aromatic rings. The van der Waals surface area contributed by atoms with Crippen LogP contribution in [0, 0.1) is 12.7 Å². The lowest BCUT2D eigenvalue weighted by molar-refractivity contribution is 0.102. The zero-order valence-corrected chi connectivity index (χ0v) is 14.4. The summed E-state index contributed by atoms with van der Waals surface area (Å²) in [5.41, 5.74) is 3.97. The Hall–Kier alpha value is -2.60. The van der Waals surface area contributed by atoms with E-state index in [2.05, 4.69) is 10.4 Å². The topological polar surface area (TPSA) is 46.9 Å². The number of nitrogens with zero attached hydrogens (tertiary/aromatic N) is 2. The number of aryl methyl sites for hydroxylation is 1. The number of benzene rings is 2. The van der Waals surface area contributed by atoms with Crippen molar-refractivity contribution < 1.29 is 9.18 Å². The molecule has 2 aromatic carbocycles. The van der Waals surface area contributed by atoms with Crippen molar-refractivity contribution in [2.75, 3.05) is 5.32 Å². The summed E-state index contributed by atoms with van der Waals surface area (Å²) in [5.74, 6) is 1.23. The summed E-state index contributed by atoms with van der Waals surface area (Å²) in [4.78, 5) is 12.6. The first kappa shape index (κ1) is 15.9. The number of hydrogen-bond donors (Lipinski definition) is 1. The van der Waals surface area contributed by atoms with Crippen LogP contribution in [0.15, 0.2) is 48.5 Å². The third-order valence-electron chi connectivity index (χ3n) is 4.25. The second kappa shape index (κ2) is 6.37. The molecule has 4 nitrogen and oxygen atoms in total. The van der Waals surface area contributed by atoms with E-state index < -0.39 is 11.7 Å². The van der Waals surface area contributed by atoms with Gasteiger partial charge in [-0.3, -0.25) is 4.79 Å². The van der Waals surface area contributed by atoms with Crippen molar-refractivity contribution in [1.82, 2.24) is 9.78 Å². The number of thioether (sulfide) groups is 1. The molecule has 1 aliphatic rings. The third-order valence-corrected chi connectivity index (χ3v) is 5.22. The van der Waals surface area contributed by atoms with Crippen LogP contribution >= 0.6 is 11.8 Å². The molecule has 0 unspecified atom stereocenters. The van der Waals surface area contributed by atoms with Crippen LogP contribution in [-0.2, 0) is 11.5 Å². The van der Waals surface area contributed by atoms with E-state index in [9.17, 15) is 9.18 Å². The number of halogens is 1. The van der Waals surface area contributed by atoms with Crippen molar-refractivity contribution in [1.29, 1.82) is 0 Å². The molecule has 0 radical (unpaired) electrons. The highest BCUT2D eigenvalue weighted by Crippen LogP contribution is 2.36. The van der Waals surface area contributed by atoms with E-state index in [4.69, 9.17) is 0 Å². The van der Waals surface area contributed by atoms with E-state index in [-0.39, 0.29) is 5.56 Å². The zero-order chi connectivity index (χ0) is 17.4. The Morgan fingerprint density at radius 1 is 1.16 bits per heavy atom. The van der Waals surface area contributed by atoms with Crippen molar-refractivity contribution in [2.24, 2.45) is 0 Å². The molecular weight excluding hydrogens is 337 g/mol. The standard InChI is InChI=1S/C19H16FN3OS/c1-12-6-2-5-9-17(12)23-18(14-10-25-11-16(14)22-23)21-19(24)13-7-3-4-8-15(13)20/h2-9H,10-11H2,1H3,(H,21,24). The van der Waals surface area contributed by atoms with Gasteiger partial charge in [-0.2, -0.15) is 16.9 Å². The van der Waals surface area contributed by atoms with Crippen molar-refractivity contribution in [3.8, 4) is 5.69 Å². The zero-order valence-electron chi connectivity index (χ0n) is 13.6. The number of rotatable bonds is 3. The Bertz CT molecular complexity index is 967. The number of carbonyl (C=O) groups is 1. The average Bonchev–Trinajstić information content (AvgIpc) is 3.18. The first-order valence-electron chi connectivity index (χ1n) is 7.95. The highest BCUT2D eigenvalue weighted by Gasteiger charge is 2.26. The fourth-order valence-electron chi connectivity index (χ4n) is 2.94. The Balaban J connectivity index is 1.78. The number of hydrogen-bond acceptors (Lipinski definition) is 3. The Morgan fingerprint density at radius 2 is 1.92 bits per heavy atom. The summed E-state index contributed by atoms with van der Waals surface area (Å²) in [5, 5.41) is 7.56. The van der Waals surface area contributed by atoms with Crippen molar-refractivity contribution in [3.63, 3.8) is 0 Å². The molecule has 0 aliphatic carbocycles. The number of aromatic nitrogens is 2. The number of amides is 1. The fraction of sp³-hybridized carbons (Fsp3) is 0.158. The maximum atomic E-state index is 13.9. The van der Waals surface area contributed by atoms with Gasteiger partial charge in [-0.15, -0.1) is 0 Å². The minimum absolute atomic E-state index is 0.0273. The summed E-state index contributed by atoms with van der Waals surface area (Å²) in [6.45, 7) is 2.00. The first-order chi connectivity index (χ1) is 12.1. The largest absolute Gasteiger partial charge is 0.306 e. The monoisotopic (exact) mass is 353 g/mol. The van der Waals surface area contributed by atoms with Crippen LogP contribution in [0.25, 0.3) is 5.69 Å². The highest BCUT2D eigenvalue weighted by molar-refractivity contribution is 7.98. The molecular formula is C19H16FN3OS. The lowest BCUT2D eigenvalue weighted by Gasteiger charge is -2.13. The Labute approximate surface area is 149 Å². The quantitative estimate of drug-likeness (QED) is 0.763. The van der Waals surface area contributed by atoms with Crippen LogP contribution in [0.3, 0.4) is 0 Å². The van der Waals surface area contributed by atoms with E-state index in [1.807, 2.05) is 31.2 Å². The lowest BCUT2D eigenvalue weighted by atomic mass is 10.2. The fourth-order valence-corrected chi connectivity index (χ4v) is 3.97. The minimum Gasteiger partial charge on any atom is -0.306 e. The molecule has 0 atom stereocenters. The Morgan fingerprint density at radius 3 is 2.72 bits per heavy atom. The summed E-state index contributed by atoms with van der Waals surface area (Å²) < 4.78 is 15.7. The van der Waals surface area contributed by atoms with Gasteiger partial charge >= 0.3 is 0 Å². The van der Waals surface area contributed by atoms with Crippen LogP contribution < -0.4 is 5.32 Å². The maximum absolute atomic E-state index is 13.9. The van der Waals surface area contributed by atoms with E-state index in [1.54, 1.807) is 28.6 Å². The molecule has 1 N–H and O–H groups in total. The summed E-state index contributed by atoms with van der Waals surface area (Å²) in [7, 11) is 0. The number of fused-ring (bicyclic) bond motifs is 1. The van der Waals surface area contributed by atoms with Crippen LogP contribution in [0.5, 0.6) is 0 Å². The molecule has 0 fully saturated rings. The van der Waals surface area contributed by atoms with Crippen molar-refractivity contribution in [3.05, 3.63) is 76.7 Å². The second-order valence-electron chi connectivity index (χ2n) is 5.90. The van der Waals surface area contributed by atoms with Gasteiger partial charge in [0, 0.05) is 17.1 Å². The highest BCUT2D eigenvalue weighted by atomic mass is 32.2. The molecule has 2 heterocycles. The van der Waals surface area contributed by atoms with Crippen LogP contribution in [0.4, 0.5) is 10.2 Å². The molecule has 4 rings (SSSR count). The normalized spacial score (nSPS) is 12.9. The van der Waals surface area contributed by atoms with Gasteiger partial charge in [0.15, 0.2) is 0 Å². The molecule has 1 aromatic heterocycles. The molecule has 126 valence electrons. The van der Waals surface area contributed by atoms with Crippen LogP contribution in [0.1, 0.15) is 27.2 Å². The summed E-state index contributed by atoms with van der Waals surface area (Å²) in [6.07, 6.45) is 0. The molecule has 0 spiro atoms. The van der Waals surface area contributed by atoms with Gasteiger partial charge < -0.3 is 5.32 Å². The maximum Gasteiger partial charge on any atom is 0.259 e. The average molecular weight is 353 g/mol. The van der Waals surface area contributed by atoms with Crippen LogP contribution in [-0.4, -0.2) is 15.7 Å². The number of para-hydroxylation sites is 1. The lowest BCUT2D eigenvalue weighted by Crippen LogP contribution is -2.17. The van der Waals surface area contributed by atoms with Crippen LogP contribution in [0.2, 0.25) is 0 Å². The van der Waals surface area contributed by atoms with Gasteiger partial charge in [0.2, 0.25) is 0 Å². The molecule has 0 saturated heterocycles. The van der Waals surface area contributed by atoms with Gasteiger partial charge in [-0.25, -0.2) is 9.07 Å². The molecule has 1 aliphatic heterocycles.